The van der Waals surface area contributed by atoms with Gasteiger partial charge in [-0.1, -0.05) is 6.07 Å². The number of hydrogen-bond donors (Lipinski definition) is 0. The number of hydrogen-bond acceptors (Lipinski definition) is 4. The van der Waals surface area contributed by atoms with Crippen molar-refractivity contribution >= 4 is 17.2 Å². The Balaban J connectivity index is 2.18. The molecular weight excluding hydrogens is 322 g/mol. The molecule has 0 saturated carbocycles. The highest BCUT2D eigenvalue weighted by Gasteiger charge is 2.22. The lowest BCUT2D eigenvalue weighted by atomic mass is 10.2. The average Bonchev–Trinajstić information content (AvgIpc) is 2.90. The molecule has 0 radical (unpaired) electrons. The normalized spacial score (nSPS) is 12.3. The molecule has 23 heavy (non-hydrogen) atoms. The number of methoxy groups -OCH3 is 1. The first-order valence-corrected chi connectivity index (χ1v) is 7.84. The third-order valence-corrected chi connectivity index (χ3v) is 4.78. The van der Waals surface area contributed by atoms with Crippen LogP contribution >= 0.6 is 11.3 Å². The maximum Gasteiger partial charge on any atom is 0.265 e. The molecule has 1 unspecified atom stereocenters. The Morgan fingerprint density at radius 3 is 2.74 bits per heavy atom. The largest absolute Gasteiger partial charge is 0.375 e. The van der Waals surface area contributed by atoms with E-state index >= 15 is 0 Å². The van der Waals surface area contributed by atoms with Gasteiger partial charge in [0.2, 0.25) is 0 Å². The van der Waals surface area contributed by atoms with E-state index in [-0.39, 0.29) is 24.1 Å². The van der Waals surface area contributed by atoms with Crippen LogP contribution in [0.15, 0.2) is 18.2 Å². The van der Waals surface area contributed by atoms with Gasteiger partial charge >= 0.3 is 0 Å². The minimum Gasteiger partial charge on any atom is -0.375 e. The van der Waals surface area contributed by atoms with Crippen molar-refractivity contribution in [2.75, 3.05) is 14.2 Å². The van der Waals surface area contributed by atoms with Crippen molar-refractivity contribution in [2.24, 2.45) is 0 Å². The molecule has 2 rings (SSSR count). The van der Waals surface area contributed by atoms with E-state index in [1.54, 1.807) is 21.1 Å². The first-order valence-electron chi connectivity index (χ1n) is 7.03. The number of carbonyl (C=O) groups is 1. The van der Waals surface area contributed by atoms with Crippen molar-refractivity contribution < 1.29 is 18.3 Å². The number of carbonyl (C=O) groups excluding carboxylic acids is 1. The summed E-state index contributed by atoms with van der Waals surface area (Å²) >= 11 is 1.26. The highest BCUT2D eigenvalue weighted by atomic mass is 32.1. The molecule has 1 aromatic carbocycles. The highest BCUT2D eigenvalue weighted by Crippen LogP contribution is 2.26. The lowest BCUT2D eigenvalue weighted by Crippen LogP contribution is -2.26. The summed E-state index contributed by atoms with van der Waals surface area (Å²) in [5, 5.41) is 0.717. The van der Waals surface area contributed by atoms with Gasteiger partial charge < -0.3 is 9.64 Å². The summed E-state index contributed by atoms with van der Waals surface area (Å²) in [5.41, 5.74) is 0.875. The van der Waals surface area contributed by atoms with Crippen LogP contribution in [0.3, 0.4) is 0 Å². The van der Waals surface area contributed by atoms with Gasteiger partial charge in [0.05, 0.1) is 5.69 Å². The second kappa shape index (κ2) is 7.14. The van der Waals surface area contributed by atoms with Gasteiger partial charge in [-0.15, -0.1) is 11.3 Å². The van der Waals surface area contributed by atoms with Crippen LogP contribution in [0, 0.1) is 18.6 Å². The molecule has 1 atom stereocenters. The van der Waals surface area contributed by atoms with Crippen LogP contribution in [0.5, 0.6) is 0 Å². The summed E-state index contributed by atoms with van der Waals surface area (Å²) in [6, 6.07) is 3.32. The van der Waals surface area contributed by atoms with Gasteiger partial charge in [0.15, 0.2) is 0 Å². The Kier molecular flexibility index (Phi) is 5.43. The zero-order valence-electron chi connectivity index (χ0n) is 13.4. The predicted octanol–water partition coefficient (Wildman–Crippen LogP) is 3.71. The Bertz CT molecular complexity index is 718. The van der Waals surface area contributed by atoms with Crippen LogP contribution in [0.2, 0.25) is 0 Å². The number of ether oxygens (including phenoxy) is 1. The number of benzene rings is 1. The third kappa shape index (κ3) is 3.92. The van der Waals surface area contributed by atoms with E-state index in [4.69, 9.17) is 4.74 Å². The fourth-order valence-electron chi connectivity index (χ4n) is 2.04. The molecule has 0 aliphatic heterocycles. The van der Waals surface area contributed by atoms with Crippen molar-refractivity contribution in [3.63, 3.8) is 0 Å². The Morgan fingerprint density at radius 2 is 2.13 bits per heavy atom. The van der Waals surface area contributed by atoms with Crippen LogP contribution in [0.25, 0.3) is 0 Å². The lowest BCUT2D eigenvalue weighted by molar-refractivity contribution is 0.0787. The Hall–Kier alpha value is -1.86. The number of amides is 1. The minimum atomic E-state index is -0.667. The first-order chi connectivity index (χ1) is 10.8. The second-order valence-electron chi connectivity index (χ2n) is 5.24. The number of aromatic nitrogens is 1. The maximum atomic E-state index is 13.7. The topological polar surface area (TPSA) is 42.4 Å². The van der Waals surface area contributed by atoms with Crippen LogP contribution in [-0.4, -0.2) is 29.9 Å². The zero-order chi connectivity index (χ0) is 17.1. The monoisotopic (exact) mass is 340 g/mol. The quantitative estimate of drug-likeness (QED) is 0.833. The molecule has 0 N–H and O–H groups in total. The van der Waals surface area contributed by atoms with Crippen LogP contribution in [0.1, 0.15) is 39.0 Å². The molecule has 1 amide bonds. The van der Waals surface area contributed by atoms with Crippen LogP contribution in [0.4, 0.5) is 8.78 Å². The number of nitrogens with zero attached hydrogens (tertiary/aromatic N) is 2. The number of rotatable bonds is 5. The van der Waals surface area contributed by atoms with E-state index in [1.807, 2.05) is 6.92 Å². The third-order valence-electron chi connectivity index (χ3n) is 3.48. The molecular formula is C16H18F2N2O2S. The summed E-state index contributed by atoms with van der Waals surface area (Å²) in [6.45, 7) is 3.66. The van der Waals surface area contributed by atoms with E-state index in [0.29, 0.717) is 10.6 Å². The molecule has 2 aromatic rings. The van der Waals surface area contributed by atoms with E-state index in [1.165, 1.54) is 28.4 Å². The Morgan fingerprint density at radius 1 is 1.43 bits per heavy atom. The van der Waals surface area contributed by atoms with Gasteiger partial charge in [-0.2, -0.15) is 0 Å². The van der Waals surface area contributed by atoms with Crippen LogP contribution in [-0.2, 0) is 11.3 Å². The summed E-state index contributed by atoms with van der Waals surface area (Å²) in [4.78, 5) is 18.8. The van der Waals surface area contributed by atoms with Crippen molar-refractivity contribution in [3.8, 4) is 0 Å². The summed E-state index contributed by atoms with van der Waals surface area (Å²) < 4.78 is 31.8. The van der Waals surface area contributed by atoms with Gasteiger partial charge in [0.1, 0.15) is 27.6 Å². The van der Waals surface area contributed by atoms with Gasteiger partial charge in [-0.05, 0) is 19.9 Å². The highest BCUT2D eigenvalue weighted by molar-refractivity contribution is 7.13. The molecule has 1 heterocycles. The molecule has 7 heteroatoms. The number of thiazole rings is 1. The fourth-order valence-corrected chi connectivity index (χ4v) is 3.13. The minimum absolute atomic E-state index is 0.0530. The average molecular weight is 340 g/mol. The van der Waals surface area contributed by atoms with Gasteiger partial charge in [0.25, 0.3) is 5.91 Å². The zero-order valence-corrected chi connectivity index (χ0v) is 14.2. The fraction of sp³-hybridized carbons (Fsp3) is 0.375. The molecule has 0 spiro atoms. The van der Waals surface area contributed by atoms with E-state index < -0.39 is 11.6 Å². The number of halogens is 2. The summed E-state index contributed by atoms with van der Waals surface area (Å²) in [5.74, 6) is -1.56. The van der Waals surface area contributed by atoms with Gasteiger partial charge in [0, 0.05) is 32.3 Å². The van der Waals surface area contributed by atoms with Gasteiger partial charge in [-0.3, -0.25) is 4.79 Å². The smallest absolute Gasteiger partial charge is 0.265 e. The molecule has 0 bridgehead atoms. The Labute approximate surface area is 137 Å². The molecule has 1 aromatic heterocycles. The van der Waals surface area contributed by atoms with Crippen molar-refractivity contribution in [2.45, 2.75) is 26.5 Å². The van der Waals surface area contributed by atoms with E-state index in [9.17, 15) is 13.6 Å². The van der Waals surface area contributed by atoms with Gasteiger partial charge in [-0.25, -0.2) is 13.8 Å². The summed E-state index contributed by atoms with van der Waals surface area (Å²) in [6.07, 6.45) is -0.194. The van der Waals surface area contributed by atoms with Crippen LogP contribution < -0.4 is 0 Å². The van der Waals surface area contributed by atoms with Crippen molar-refractivity contribution in [3.05, 3.63) is 51.0 Å². The molecule has 0 saturated heterocycles. The number of aryl methyl sites for hydroxylation is 1. The van der Waals surface area contributed by atoms with Crippen molar-refractivity contribution in [1.29, 1.82) is 0 Å². The first kappa shape index (κ1) is 17.5. The molecule has 0 aliphatic carbocycles. The summed E-state index contributed by atoms with van der Waals surface area (Å²) in [7, 11) is 3.15. The predicted molar refractivity (Wildman–Crippen MR) is 84.4 cm³/mol. The second-order valence-corrected chi connectivity index (χ2v) is 6.27. The lowest BCUT2D eigenvalue weighted by Gasteiger charge is -2.17. The molecule has 124 valence electrons. The molecule has 4 nitrogen and oxygen atoms in total. The standard InChI is InChI=1S/C16H18F2N2O2S/c1-9-14(23-15(19-9)10(2)22-4)16(21)20(3)8-11-5-6-12(17)7-13(11)18/h5-7,10H,8H2,1-4H3. The van der Waals surface area contributed by atoms with E-state index in [0.717, 1.165) is 11.1 Å². The maximum absolute atomic E-state index is 13.7. The molecule has 0 aliphatic rings. The SMILES string of the molecule is COC(C)c1nc(C)c(C(=O)N(C)Cc2ccc(F)cc2F)s1. The molecule has 0 fully saturated rings. The van der Waals surface area contributed by atoms with Crippen molar-refractivity contribution in [1.82, 2.24) is 9.88 Å². The van der Waals surface area contributed by atoms with E-state index in [2.05, 4.69) is 4.98 Å².